The third-order valence-corrected chi connectivity index (χ3v) is 7.97. The lowest BCUT2D eigenvalue weighted by Gasteiger charge is -2.23. The number of aromatic nitrogens is 2. The van der Waals surface area contributed by atoms with Crippen LogP contribution in [0.3, 0.4) is 0 Å². The van der Waals surface area contributed by atoms with Crippen LogP contribution in [0, 0.1) is 5.92 Å². The predicted molar refractivity (Wildman–Crippen MR) is 143 cm³/mol. The van der Waals surface area contributed by atoms with Crippen LogP contribution in [-0.4, -0.2) is 33.8 Å². The van der Waals surface area contributed by atoms with Crippen LogP contribution in [0.15, 0.2) is 58.1 Å². The van der Waals surface area contributed by atoms with E-state index in [0.29, 0.717) is 25.9 Å². The molecule has 0 saturated heterocycles. The maximum absolute atomic E-state index is 12.8. The Morgan fingerprint density at radius 2 is 1.44 bits per heavy atom. The SMILES string of the molecule is CCCCC(C)COCCCN(Cn1c(=O)sc2ccccc21)Cn1c(=O)sc2ccccc21. The Balaban J connectivity index is 1.48. The Hall–Kier alpha value is -2.26. The molecule has 4 rings (SSSR count). The summed E-state index contributed by atoms with van der Waals surface area (Å²) in [6, 6.07) is 15.8. The molecule has 0 amide bonds. The van der Waals surface area contributed by atoms with E-state index in [-0.39, 0.29) is 9.75 Å². The number of thiazole rings is 2. The number of unbranched alkanes of at least 4 members (excludes halogenated alkanes) is 1. The fourth-order valence-corrected chi connectivity index (χ4v) is 5.96. The van der Waals surface area contributed by atoms with E-state index in [9.17, 15) is 9.59 Å². The molecular weight excluding hydrogens is 466 g/mol. The Labute approximate surface area is 208 Å². The molecule has 0 aliphatic rings. The Morgan fingerprint density at radius 1 is 0.882 bits per heavy atom. The van der Waals surface area contributed by atoms with Crippen LogP contribution in [0.1, 0.15) is 39.5 Å². The predicted octanol–water partition coefficient (Wildman–Crippen LogP) is 5.59. The number of rotatable bonds is 13. The first-order chi connectivity index (χ1) is 16.6. The van der Waals surface area contributed by atoms with Crippen LogP contribution >= 0.6 is 22.7 Å². The highest BCUT2D eigenvalue weighted by atomic mass is 32.1. The van der Waals surface area contributed by atoms with Crippen molar-refractivity contribution in [2.24, 2.45) is 5.92 Å². The zero-order valence-electron chi connectivity index (χ0n) is 19.9. The molecule has 0 radical (unpaired) electrons. The first-order valence-electron chi connectivity index (χ1n) is 12.0. The molecule has 2 aromatic heterocycles. The third-order valence-electron chi connectivity index (χ3n) is 6.05. The fourth-order valence-electron chi connectivity index (χ4n) is 4.19. The Morgan fingerprint density at radius 3 is 2.00 bits per heavy atom. The summed E-state index contributed by atoms with van der Waals surface area (Å²) in [6.45, 7) is 7.51. The average Bonchev–Trinajstić information content (AvgIpc) is 3.32. The van der Waals surface area contributed by atoms with Crippen LogP contribution in [0.4, 0.5) is 0 Å². The van der Waals surface area contributed by atoms with Crippen LogP contribution in [0.5, 0.6) is 0 Å². The number of benzene rings is 2. The van der Waals surface area contributed by atoms with Crippen molar-refractivity contribution in [3.05, 3.63) is 67.9 Å². The van der Waals surface area contributed by atoms with Crippen LogP contribution in [0.25, 0.3) is 20.4 Å². The largest absolute Gasteiger partial charge is 0.381 e. The van der Waals surface area contributed by atoms with Crippen molar-refractivity contribution < 1.29 is 4.74 Å². The van der Waals surface area contributed by atoms with Gasteiger partial charge in [-0.1, -0.05) is 73.6 Å². The first-order valence-corrected chi connectivity index (χ1v) is 13.7. The Kier molecular flexibility index (Phi) is 8.72. The minimum absolute atomic E-state index is 0.0229. The van der Waals surface area contributed by atoms with Gasteiger partial charge in [0.05, 0.1) is 33.8 Å². The molecule has 0 fully saturated rings. The highest BCUT2D eigenvalue weighted by Crippen LogP contribution is 2.19. The van der Waals surface area contributed by atoms with Gasteiger partial charge in [0.25, 0.3) is 0 Å². The number of ether oxygens (including phenoxy) is 1. The fraction of sp³-hybridized carbons (Fsp3) is 0.462. The normalized spacial score (nSPS) is 12.8. The lowest BCUT2D eigenvalue weighted by Crippen LogP contribution is -2.35. The second-order valence-corrected chi connectivity index (χ2v) is 10.9. The first kappa shape index (κ1) is 24.9. The summed E-state index contributed by atoms with van der Waals surface area (Å²) in [5.74, 6) is 0.572. The summed E-state index contributed by atoms with van der Waals surface area (Å²) in [6.07, 6.45) is 4.50. The van der Waals surface area contributed by atoms with Crippen molar-refractivity contribution in [3.63, 3.8) is 0 Å². The van der Waals surface area contributed by atoms with Gasteiger partial charge < -0.3 is 4.74 Å². The van der Waals surface area contributed by atoms with Crippen molar-refractivity contribution in [1.29, 1.82) is 0 Å². The van der Waals surface area contributed by atoms with E-state index in [0.717, 1.165) is 40.0 Å². The molecule has 8 heteroatoms. The highest BCUT2D eigenvalue weighted by Gasteiger charge is 2.15. The molecular formula is C26H33N3O3S2. The van der Waals surface area contributed by atoms with Crippen molar-refractivity contribution >= 4 is 43.1 Å². The van der Waals surface area contributed by atoms with E-state index < -0.39 is 0 Å². The summed E-state index contributed by atoms with van der Waals surface area (Å²) < 4.78 is 11.5. The second kappa shape index (κ2) is 11.9. The summed E-state index contributed by atoms with van der Waals surface area (Å²) in [5, 5.41) is 0. The van der Waals surface area contributed by atoms with Gasteiger partial charge in [0, 0.05) is 19.8 Å². The molecule has 6 nitrogen and oxygen atoms in total. The van der Waals surface area contributed by atoms with E-state index >= 15 is 0 Å². The van der Waals surface area contributed by atoms with Gasteiger partial charge in [-0.3, -0.25) is 23.6 Å². The lowest BCUT2D eigenvalue weighted by atomic mass is 10.1. The van der Waals surface area contributed by atoms with E-state index in [1.807, 2.05) is 57.7 Å². The van der Waals surface area contributed by atoms with E-state index in [2.05, 4.69) is 18.7 Å². The highest BCUT2D eigenvalue weighted by molar-refractivity contribution is 7.16. The van der Waals surface area contributed by atoms with Crippen molar-refractivity contribution in [2.75, 3.05) is 19.8 Å². The van der Waals surface area contributed by atoms with Gasteiger partial charge in [-0.2, -0.15) is 0 Å². The maximum Gasteiger partial charge on any atom is 0.309 e. The second-order valence-electron chi connectivity index (χ2n) is 8.88. The molecule has 0 N–H and O–H groups in total. The average molecular weight is 500 g/mol. The summed E-state index contributed by atoms with van der Waals surface area (Å²) in [4.78, 5) is 27.7. The molecule has 1 atom stereocenters. The van der Waals surface area contributed by atoms with Crippen LogP contribution in [-0.2, 0) is 18.1 Å². The topological polar surface area (TPSA) is 56.5 Å². The number of hydrogen-bond acceptors (Lipinski definition) is 6. The molecule has 34 heavy (non-hydrogen) atoms. The van der Waals surface area contributed by atoms with Crippen molar-refractivity contribution in [3.8, 4) is 0 Å². The third kappa shape index (κ3) is 6.05. The van der Waals surface area contributed by atoms with Gasteiger partial charge in [-0.15, -0.1) is 0 Å². The molecule has 2 aromatic carbocycles. The monoisotopic (exact) mass is 499 g/mol. The molecule has 182 valence electrons. The van der Waals surface area contributed by atoms with Gasteiger partial charge in [0.1, 0.15) is 0 Å². The molecule has 0 saturated carbocycles. The Bertz CT molecular complexity index is 1230. The molecule has 0 aliphatic heterocycles. The molecule has 2 heterocycles. The number of para-hydroxylation sites is 2. The maximum atomic E-state index is 12.8. The van der Waals surface area contributed by atoms with Gasteiger partial charge in [0.15, 0.2) is 0 Å². The van der Waals surface area contributed by atoms with Gasteiger partial charge in [0.2, 0.25) is 0 Å². The minimum Gasteiger partial charge on any atom is -0.381 e. The smallest absolute Gasteiger partial charge is 0.309 e. The standard InChI is InChI=1S/C26H33N3O3S2/c1-3-4-10-20(2)17-32-16-9-15-27(18-28-21-11-5-7-13-23(21)33-25(28)30)19-29-22-12-6-8-14-24(22)34-26(29)31/h5-8,11-14,20H,3-4,9-10,15-19H2,1-2H3. The molecule has 0 bridgehead atoms. The van der Waals surface area contributed by atoms with E-state index in [4.69, 9.17) is 4.74 Å². The van der Waals surface area contributed by atoms with Crippen LogP contribution < -0.4 is 9.75 Å². The number of hydrogen-bond donors (Lipinski definition) is 0. The zero-order valence-corrected chi connectivity index (χ0v) is 21.6. The molecule has 1 unspecified atom stereocenters. The molecule has 4 aromatic rings. The minimum atomic E-state index is 0.0229. The van der Waals surface area contributed by atoms with Crippen LogP contribution in [0.2, 0.25) is 0 Å². The molecule has 0 aliphatic carbocycles. The van der Waals surface area contributed by atoms with Gasteiger partial charge in [-0.25, -0.2) is 0 Å². The van der Waals surface area contributed by atoms with Gasteiger partial charge >= 0.3 is 9.75 Å². The van der Waals surface area contributed by atoms with Crippen molar-refractivity contribution in [2.45, 2.75) is 52.9 Å². The van der Waals surface area contributed by atoms with E-state index in [1.54, 1.807) is 0 Å². The van der Waals surface area contributed by atoms with Crippen molar-refractivity contribution in [1.82, 2.24) is 14.0 Å². The zero-order chi connectivity index (χ0) is 23.9. The number of fused-ring (bicyclic) bond motifs is 2. The summed E-state index contributed by atoms with van der Waals surface area (Å²) >= 11 is 2.53. The van der Waals surface area contributed by atoms with Gasteiger partial charge in [-0.05, 0) is 43.0 Å². The van der Waals surface area contributed by atoms with E-state index in [1.165, 1.54) is 41.9 Å². The number of nitrogens with zero attached hydrogens (tertiary/aromatic N) is 3. The summed E-state index contributed by atoms with van der Waals surface area (Å²) in [5.41, 5.74) is 1.87. The molecule has 0 spiro atoms. The summed E-state index contributed by atoms with van der Waals surface area (Å²) in [7, 11) is 0. The quantitative estimate of drug-likeness (QED) is 0.225. The lowest BCUT2D eigenvalue weighted by molar-refractivity contribution is 0.0830.